The average molecular weight is 257 g/mol. The van der Waals surface area contributed by atoms with Crippen molar-refractivity contribution in [3.63, 3.8) is 0 Å². The van der Waals surface area contributed by atoms with E-state index in [9.17, 15) is 0 Å². The molecule has 4 nitrogen and oxygen atoms in total. The molecule has 98 valence electrons. The molecule has 1 unspecified atom stereocenters. The number of likely N-dealkylation sites (N-methyl/N-ethyl adjacent to an activating group) is 1. The van der Waals surface area contributed by atoms with Gasteiger partial charge < -0.3 is 9.84 Å². The maximum absolute atomic E-state index is 5.23. The topological polar surface area (TPSA) is 51.0 Å². The molecule has 0 saturated carbocycles. The first-order chi connectivity index (χ1) is 7.90. The smallest absolute Gasteiger partial charge is 0.228 e. The molecule has 17 heavy (non-hydrogen) atoms. The van der Waals surface area contributed by atoms with Crippen molar-refractivity contribution in [1.82, 2.24) is 15.5 Å². The van der Waals surface area contributed by atoms with E-state index in [1.165, 1.54) is 0 Å². The zero-order valence-corrected chi connectivity index (χ0v) is 12.2. The molecule has 0 fully saturated rings. The second-order valence-electron chi connectivity index (χ2n) is 5.17. The second kappa shape index (κ2) is 6.40. The van der Waals surface area contributed by atoms with Crippen LogP contribution in [-0.4, -0.2) is 27.5 Å². The highest BCUT2D eigenvalue weighted by molar-refractivity contribution is 7.99. The van der Waals surface area contributed by atoms with Crippen molar-refractivity contribution in [3.8, 4) is 0 Å². The molecule has 1 N–H and O–H groups in total. The first-order valence-electron chi connectivity index (χ1n) is 6.09. The number of nitrogens with zero attached hydrogens (tertiary/aromatic N) is 2. The Balaban J connectivity index is 2.42. The maximum atomic E-state index is 5.23. The van der Waals surface area contributed by atoms with Gasteiger partial charge in [-0.25, -0.2) is 0 Å². The third kappa shape index (κ3) is 6.07. The minimum absolute atomic E-state index is 0.234. The van der Waals surface area contributed by atoms with Crippen molar-refractivity contribution in [2.24, 2.45) is 0 Å². The second-order valence-corrected chi connectivity index (χ2v) is 6.97. The molecule has 1 atom stereocenters. The van der Waals surface area contributed by atoms with Gasteiger partial charge in [-0.15, -0.1) is 11.8 Å². The molecule has 1 heterocycles. The summed E-state index contributed by atoms with van der Waals surface area (Å²) in [4.78, 5) is 4.40. The maximum Gasteiger partial charge on any atom is 0.228 e. The highest BCUT2D eigenvalue weighted by Crippen LogP contribution is 2.26. The van der Waals surface area contributed by atoms with Crippen LogP contribution >= 0.6 is 11.8 Å². The van der Waals surface area contributed by atoms with E-state index in [1.54, 1.807) is 0 Å². The summed E-state index contributed by atoms with van der Waals surface area (Å²) in [5.74, 6) is 2.33. The third-order valence-electron chi connectivity index (χ3n) is 2.18. The lowest BCUT2D eigenvalue weighted by molar-refractivity contribution is 0.359. The lowest BCUT2D eigenvalue weighted by Gasteiger charge is -2.15. The van der Waals surface area contributed by atoms with Crippen molar-refractivity contribution < 1.29 is 4.52 Å². The molecule has 0 spiro atoms. The SMILES string of the molecule is CCNC(C)Cc1nc(CSC(C)(C)C)no1. The lowest BCUT2D eigenvalue weighted by Crippen LogP contribution is -2.27. The molecular formula is C12H23N3OS. The molecular weight excluding hydrogens is 234 g/mol. The summed E-state index contributed by atoms with van der Waals surface area (Å²) < 4.78 is 5.47. The standard InChI is InChI=1S/C12H23N3OS/c1-6-13-9(2)7-11-14-10(15-16-11)8-17-12(3,4)5/h9,13H,6-8H2,1-5H3. The normalized spacial score (nSPS) is 13.9. The minimum atomic E-state index is 0.234. The summed E-state index contributed by atoms with van der Waals surface area (Å²) in [5, 5.41) is 7.32. The number of thioether (sulfide) groups is 1. The number of rotatable bonds is 6. The van der Waals surface area contributed by atoms with Crippen LogP contribution in [0.5, 0.6) is 0 Å². The molecule has 0 amide bonds. The zero-order chi connectivity index (χ0) is 12.9. The summed E-state index contributed by atoms with van der Waals surface area (Å²) in [6.45, 7) is 11.7. The van der Waals surface area contributed by atoms with Gasteiger partial charge in [0.05, 0.1) is 5.75 Å². The Morgan fingerprint density at radius 2 is 2.12 bits per heavy atom. The van der Waals surface area contributed by atoms with Crippen molar-refractivity contribution in [2.45, 2.75) is 57.6 Å². The van der Waals surface area contributed by atoms with Crippen molar-refractivity contribution in [1.29, 1.82) is 0 Å². The zero-order valence-electron chi connectivity index (χ0n) is 11.4. The van der Waals surface area contributed by atoms with Crippen LogP contribution in [0.2, 0.25) is 0 Å². The van der Waals surface area contributed by atoms with E-state index in [2.05, 4.69) is 50.1 Å². The van der Waals surface area contributed by atoms with Gasteiger partial charge in [-0.3, -0.25) is 0 Å². The number of hydrogen-bond donors (Lipinski definition) is 1. The van der Waals surface area contributed by atoms with Gasteiger partial charge in [0.1, 0.15) is 0 Å². The van der Waals surface area contributed by atoms with E-state index in [4.69, 9.17) is 4.52 Å². The molecule has 1 aromatic rings. The number of aromatic nitrogens is 2. The molecule has 0 aliphatic heterocycles. The molecule has 0 radical (unpaired) electrons. The van der Waals surface area contributed by atoms with Gasteiger partial charge in [0.2, 0.25) is 5.89 Å². The van der Waals surface area contributed by atoms with Crippen LogP contribution in [0.4, 0.5) is 0 Å². The lowest BCUT2D eigenvalue weighted by atomic mass is 10.2. The Morgan fingerprint density at radius 3 is 2.71 bits per heavy atom. The Labute approximate surface area is 108 Å². The summed E-state index contributed by atoms with van der Waals surface area (Å²) in [6, 6.07) is 0.378. The predicted molar refractivity (Wildman–Crippen MR) is 72.2 cm³/mol. The van der Waals surface area contributed by atoms with E-state index in [0.717, 1.165) is 30.4 Å². The molecule has 1 rings (SSSR count). The average Bonchev–Trinajstić information content (AvgIpc) is 2.62. The van der Waals surface area contributed by atoms with Crippen LogP contribution in [0, 0.1) is 0 Å². The van der Waals surface area contributed by atoms with Crippen LogP contribution in [0.3, 0.4) is 0 Å². The molecule has 0 aliphatic rings. The van der Waals surface area contributed by atoms with Gasteiger partial charge in [0.25, 0.3) is 0 Å². The molecule has 1 aromatic heterocycles. The third-order valence-corrected chi connectivity index (χ3v) is 3.45. The quantitative estimate of drug-likeness (QED) is 0.849. The van der Waals surface area contributed by atoms with Gasteiger partial charge in [0.15, 0.2) is 5.82 Å². The predicted octanol–water partition coefficient (Wildman–Crippen LogP) is 2.64. The Hall–Kier alpha value is -0.550. The van der Waals surface area contributed by atoms with Crippen molar-refractivity contribution >= 4 is 11.8 Å². The van der Waals surface area contributed by atoms with Crippen LogP contribution in [0.1, 0.15) is 46.3 Å². The van der Waals surface area contributed by atoms with Gasteiger partial charge in [-0.1, -0.05) is 32.9 Å². The van der Waals surface area contributed by atoms with E-state index in [-0.39, 0.29) is 4.75 Å². The van der Waals surface area contributed by atoms with E-state index < -0.39 is 0 Å². The Bertz CT molecular complexity index is 333. The molecule has 0 saturated heterocycles. The summed E-state index contributed by atoms with van der Waals surface area (Å²) in [7, 11) is 0. The highest BCUT2D eigenvalue weighted by atomic mass is 32.2. The van der Waals surface area contributed by atoms with E-state index in [0.29, 0.717) is 6.04 Å². The Kier molecular flexibility index (Phi) is 5.46. The highest BCUT2D eigenvalue weighted by Gasteiger charge is 2.14. The molecule has 5 heteroatoms. The first kappa shape index (κ1) is 14.5. The molecule has 0 bridgehead atoms. The monoisotopic (exact) mass is 257 g/mol. The fourth-order valence-electron chi connectivity index (χ4n) is 1.40. The van der Waals surface area contributed by atoms with Gasteiger partial charge in [-0.05, 0) is 13.5 Å². The van der Waals surface area contributed by atoms with Crippen LogP contribution in [0.15, 0.2) is 4.52 Å². The van der Waals surface area contributed by atoms with Crippen LogP contribution in [0.25, 0.3) is 0 Å². The summed E-state index contributed by atoms with van der Waals surface area (Å²) in [5.41, 5.74) is 0. The van der Waals surface area contributed by atoms with E-state index in [1.807, 2.05) is 11.8 Å². The molecule has 0 aliphatic carbocycles. The van der Waals surface area contributed by atoms with Crippen LogP contribution < -0.4 is 5.32 Å². The first-order valence-corrected chi connectivity index (χ1v) is 7.08. The number of nitrogens with one attached hydrogen (secondary N) is 1. The van der Waals surface area contributed by atoms with Crippen LogP contribution in [-0.2, 0) is 12.2 Å². The van der Waals surface area contributed by atoms with Gasteiger partial charge in [-0.2, -0.15) is 4.98 Å². The van der Waals surface area contributed by atoms with Gasteiger partial charge in [0, 0.05) is 17.2 Å². The van der Waals surface area contributed by atoms with Crippen molar-refractivity contribution in [3.05, 3.63) is 11.7 Å². The minimum Gasteiger partial charge on any atom is -0.339 e. The summed E-state index contributed by atoms with van der Waals surface area (Å²) in [6.07, 6.45) is 0.793. The van der Waals surface area contributed by atoms with Gasteiger partial charge >= 0.3 is 0 Å². The Morgan fingerprint density at radius 1 is 1.41 bits per heavy atom. The van der Waals surface area contributed by atoms with E-state index >= 15 is 0 Å². The number of hydrogen-bond acceptors (Lipinski definition) is 5. The summed E-state index contributed by atoms with van der Waals surface area (Å²) >= 11 is 1.83. The fraction of sp³-hybridized carbons (Fsp3) is 0.833. The fourth-order valence-corrected chi connectivity index (χ4v) is 2.07. The molecule has 0 aromatic carbocycles. The largest absolute Gasteiger partial charge is 0.339 e. The van der Waals surface area contributed by atoms with Crippen molar-refractivity contribution in [2.75, 3.05) is 6.54 Å².